The molecular weight excluding hydrogens is 444 g/mol. The number of rotatable bonds is 5. The maximum Gasteiger partial charge on any atom is 0.303 e. The van der Waals surface area contributed by atoms with Crippen LogP contribution in [0.4, 0.5) is 0 Å². The zero-order chi connectivity index (χ0) is 25.6. The first-order valence-corrected chi connectivity index (χ1v) is 13.4. The van der Waals surface area contributed by atoms with Gasteiger partial charge in [-0.2, -0.15) is 0 Å². The Morgan fingerprint density at radius 3 is 1.86 bits per heavy atom. The van der Waals surface area contributed by atoms with Gasteiger partial charge in [0.2, 0.25) is 8.07 Å². The molecule has 0 radical (unpaired) electrons. The monoisotopic (exact) mass is 474 g/mol. The summed E-state index contributed by atoms with van der Waals surface area (Å²) in [5.74, 6) is 19.5. The first-order chi connectivity index (χ1) is 16.8. The van der Waals surface area contributed by atoms with E-state index in [4.69, 9.17) is 4.74 Å². The number of carbonyl (C=O) groups is 1. The molecule has 2 rings (SSSR count). The van der Waals surface area contributed by atoms with Crippen molar-refractivity contribution in [3.8, 4) is 47.0 Å². The second-order valence-electron chi connectivity index (χ2n) is 8.81. The van der Waals surface area contributed by atoms with Crippen molar-refractivity contribution in [1.29, 1.82) is 0 Å². The van der Waals surface area contributed by atoms with E-state index in [2.05, 4.69) is 116 Å². The van der Waals surface area contributed by atoms with Crippen molar-refractivity contribution in [2.24, 2.45) is 0 Å². The van der Waals surface area contributed by atoms with Crippen LogP contribution in [0.5, 0.6) is 0 Å². The Bertz CT molecular complexity index is 1260. The predicted molar refractivity (Wildman–Crippen MR) is 148 cm³/mol. The molecule has 0 saturated heterocycles. The summed E-state index contributed by atoms with van der Waals surface area (Å²) in [4.78, 5) is 10.8. The molecule has 0 spiro atoms. The fourth-order valence-electron chi connectivity index (χ4n) is 3.69. The maximum atomic E-state index is 10.8. The predicted octanol–water partition coefficient (Wildman–Crippen LogP) is 4.67. The highest BCUT2D eigenvalue weighted by Gasteiger charge is 2.46. The Kier molecular flexibility index (Phi) is 10.5. The van der Waals surface area contributed by atoms with Gasteiger partial charge in [-0.05, 0) is 70.0 Å². The highest BCUT2D eigenvalue weighted by Crippen LogP contribution is 2.35. The van der Waals surface area contributed by atoms with Gasteiger partial charge in [0.15, 0.2) is 0 Å². The van der Waals surface area contributed by atoms with Crippen LogP contribution in [0.3, 0.4) is 0 Å². The molecule has 0 saturated carbocycles. The average Bonchev–Trinajstić information content (AvgIpc) is 2.82. The Hall–Kier alpha value is -4.15. The number of hydrogen-bond donors (Lipinski definition) is 0. The zero-order valence-corrected chi connectivity index (χ0v) is 22.0. The van der Waals surface area contributed by atoms with E-state index in [1.54, 1.807) is 31.2 Å². The molecule has 2 aromatic rings. The number of ether oxygens (including phenoxy) is 1. The van der Waals surface area contributed by atoms with E-state index < -0.39 is 8.07 Å². The van der Waals surface area contributed by atoms with Crippen molar-refractivity contribution in [3.63, 3.8) is 0 Å². The molecule has 174 valence electrons. The summed E-state index contributed by atoms with van der Waals surface area (Å²) in [7, 11) is -2.44. The van der Waals surface area contributed by atoms with Crippen molar-refractivity contribution in [1.82, 2.24) is 0 Å². The number of esters is 1. The SMILES string of the molecule is CC(=O)O[C@H](C)/C=C/C=C/C#CC#CC#CC#C[Si](c1ccccc1)(c1ccccc1)C(C)(C)C. The van der Waals surface area contributed by atoms with Crippen LogP contribution in [0.25, 0.3) is 0 Å². The Labute approximate surface area is 211 Å². The number of benzene rings is 2. The van der Waals surface area contributed by atoms with Gasteiger partial charge in [-0.1, -0.05) is 99.5 Å². The molecule has 0 amide bonds. The number of carbonyl (C=O) groups excluding carboxylic acids is 1. The van der Waals surface area contributed by atoms with Crippen LogP contribution in [0.15, 0.2) is 85.0 Å². The van der Waals surface area contributed by atoms with Crippen molar-refractivity contribution >= 4 is 24.4 Å². The molecule has 0 aliphatic carbocycles. The van der Waals surface area contributed by atoms with Gasteiger partial charge in [0, 0.05) is 6.92 Å². The summed E-state index contributed by atoms with van der Waals surface area (Å²) in [6, 6.07) is 21.1. The smallest absolute Gasteiger partial charge is 0.303 e. The summed E-state index contributed by atoms with van der Waals surface area (Å²) in [5, 5.41) is 2.50. The van der Waals surface area contributed by atoms with Crippen LogP contribution >= 0.6 is 0 Å². The van der Waals surface area contributed by atoms with Crippen molar-refractivity contribution < 1.29 is 9.53 Å². The third-order valence-corrected chi connectivity index (χ3v) is 10.3. The average molecular weight is 475 g/mol. The van der Waals surface area contributed by atoms with Gasteiger partial charge in [0.25, 0.3) is 0 Å². The first-order valence-electron chi connectivity index (χ1n) is 11.4. The molecule has 3 heteroatoms. The largest absolute Gasteiger partial charge is 0.459 e. The minimum Gasteiger partial charge on any atom is -0.459 e. The minimum atomic E-state index is -2.44. The molecule has 1 atom stereocenters. The zero-order valence-electron chi connectivity index (χ0n) is 21.0. The lowest BCUT2D eigenvalue weighted by atomic mass is 10.2. The van der Waals surface area contributed by atoms with Crippen LogP contribution < -0.4 is 10.4 Å². The Morgan fingerprint density at radius 1 is 0.829 bits per heavy atom. The van der Waals surface area contributed by atoms with Crippen LogP contribution in [0.2, 0.25) is 5.04 Å². The second-order valence-corrected chi connectivity index (χ2v) is 13.2. The van der Waals surface area contributed by atoms with Gasteiger partial charge < -0.3 is 4.74 Å². The molecule has 0 aliphatic rings. The van der Waals surface area contributed by atoms with Gasteiger partial charge >= 0.3 is 5.97 Å². The summed E-state index contributed by atoms with van der Waals surface area (Å²) in [6.07, 6.45) is 6.69. The summed E-state index contributed by atoms with van der Waals surface area (Å²) in [6.45, 7) is 9.95. The van der Waals surface area contributed by atoms with Gasteiger partial charge in [0.1, 0.15) is 6.10 Å². The topological polar surface area (TPSA) is 26.3 Å². The van der Waals surface area contributed by atoms with E-state index in [0.29, 0.717) is 0 Å². The summed E-state index contributed by atoms with van der Waals surface area (Å²) >= 11 is 0. The van der Waals surface area contributed by atoms with Crippen molar-refractivity contribution in [2.75, 3.05) is 0 Å². The highest BCUT2D eigenvalue weighted by molar-refractivity contribution is 7.10. The molecule has 2 nitrogen and oxygen atoms in total. The normalized spacial score (nSPS) is 11.6. The lowest BCUT2D eigenvalue weighted by molar-refractivity contribution is -0.143. The minimum absolute atomic E-state index is 0.0433. The third kappa shape index (κ3) is 8.29. The van der Waals surface area contributed by atoms with E-state index in [1.165, 1.54) is 17.3 Å². The standard InChI is InChI=1S/C32H30O2Si/c1-28(34-29(2)33)22-16-12-10-8-6-7-9-11-13-21-27-35(32(3,4)5,30-23-17-14-18-24-30)31-25-19-15-20-26-31/h10,12,14-20,22-26,28H,1-5H3/b12-10+,22-16+/t28-/m1/s1. The Morgan fingerprint density at radius 2 is 1.34 bits per heavy atom. The quantitative estimate of drug-likeness (QED) is 0.273. The van der Waals surface area contributed by atoms with Crippen LogP contribution in [-0.2, 0) is 9.53 Å². The van der Waals surface area contributed by atoms with Gasteiger partial charge in [-0.25, -0.2) is 0 Å². The van der Waals surface area contributed by atoms with E-state index in [1.807, 2.05) is 12.1 Å². The lowest BCUT2D eigenvalue weighted by Gasteiger charge is -2.39. The van der Waals surface area contributed by atoms with Crippen molar-refractivity contribution in [2.45, 2.75) is 45.8 Å². The molecular formula is C32H30O2Si. The summed E-state index contributed by atoms with van der Waals surface area (Å²) in [5.41, 5.74) is 3.61. The van der Waals surface area contributed by atoms with Crippen molar-refractivity contribution in [3.05, 3.63) is 85.0 Å². The van der Waals surface area contributed by atoms with Gasteiger partial charge in [0.05, 0.1) is 0 Å². The molecule has 0 fully saturated rings. The molecule has 0 aliphatic heterocycles. The van der Waals surface area contributed by atoms with E-state index >= 15 is 0 Å². The third-order valence-electron chi connectivity index (χ3n) is 5.20. The fourth-order valence-corrected chi connectivity index (χ4v) is 8.06. The molecule has 0 aromatic heterocycles. The van der Waals surface area contributed by atoms with Gasteiger partial charge in [-0.3, -0.25) is 4.79 Å². The maximum absolute atomic E-state index is 10.8. The van der Waals surface area contributed by atoms with E-state index in [9.17, 15) is 4.79 Å². The molecule has 2 aromatic carbocycles. The summed E-state index contributed by atoms with van der Waals surface area (Å²) < 4.78 is 4.99. The van der Waals surface area contributed by atoms with Gasteiger partial charge in [-0.15, -0.1) is 5.54 Å². The number of hydrogen-bond acceptors (Lipinski definition) is 2. The molecule has 0 unspecified atom stereocenters. The molecule has 0 N–H and O–H groups in total. The number of allylic oxidation sites excluding steroid dienone is 3. The van der Waals surface area contributed by atoms with E-state index in [-0.39, 0.29) is 17.1 Å². The fraction of sp³-hybridized carbons (Fsp3) is 0.219. The van der Waals surface area contributed by atoms with E-state index in [0.717, 1.165) is 0 Å². The second kappa shape index (κ2) is 13.5. The molecule has 0 bridgehead atoms. The van der Waals surface area contributed by atoms with Crippen LogP contribution in [0, 0.1) is 47.0 Å². The van der Waals surface area contributed by atoms with Crippen LogP contribution in [0.1, 0.15) is 34.6 Å². The van der Waals surface area contributed by atoms with Crippen LogP contribution in [-0.4, -0.2) is 20.1 Å². The Balaban J connectivity index is 2.21. The lowest BCUT2D eigenvalue weighted by Crippen LogP contribution is -2.63. The molecule has 0 heterocycles. The molecule has 35 heavy (non-hydrogen) atoms. The highest BCUT2D eigenvalue weighted by atomic mass is 28.3. The first kappa shape index (κ1) is 27.1.